The van der Waals surface area contributed by atoms with Crippen molar-refractivity contribution in [3.8, 4) is 11.5 Å². The lowest BCUT2D eigenvalue weighted by Crippen LogP contribution is -2.03. The fourth-order valence-electron chi connectivity index (χ4n) is 1.97. The minimum absolute atomic E-state index is 0.0772. The number of nitrogens with zero attached hydrogens (tertiary/aromatic N) is 3. The summed E-state index contributed by atoms with van der Waals surface area (Å²) in [5.74, 6) is 0.284. The smallest absolute Gasteiger partial charge is 0.338 e. The Morgan fingerprint density at radius 3 is 2.65 bits per heavy atom. The van der Waals surface area contributed by atoms with Crippen molar-refractivity contribution in [2.75, 3.05) is 7.11 Å². The SMILES string of the molecule is COc1cc(C(C=Nc2cnccn2)P(=O)(O)O)cc(C)c1O. The van der Waals surface area contributed by atoms with Crippen LogP contribution in [0.25, 0.3) is 0 Å². The van der Waals surface area contributed by atoms with Crippen LogP contribution in [0.5, 0.6) is 11.5 Å². The van der Waals surface area contributed by atoms with Gasteiger partial charge in [0.25, 0.3) is 0 Å². The Hall–Kier alpha value is -2.28. The zero-order valence-electron chi connectivity index (χ0n) is 12.5. The van der Waals surface area contributed by atoms with Crippen molar-refractivity contribution in [1.29, 1.82) is 0 Å². The summed E-state index contributed by atoms with van der Waals surface area (Å²) in [6.07, 6.45) is 5.38. The maximum Gasteiger partial charge on any atom is 0.338 e. The van der Waals surface area contributed by atoms with E-state index >= 15 is 0 Å². The number of hydrogen-bond donors (Lipinski definition) is 3. The monoisotopic (exact) mass is 337 g/mol. The number of aryl methyl sites for hydroxylation is 1. The number of phenolic OH excluding ortho intramolecular Hbond substituents is 1. The Morgan fingerprint density at radius 1 is 1.35 bits per heavy atom. The van der Waals surface area contributed by atoms with E-state index in [0.29, 0.717) is 5.56 Å². The minimum atomic E-state index is -4.53. The molecule has 1 aromatic carbocycles. The van der Waals surface area contributed by atoms with Gasteiger partial charge in [-0.25, -0.2) is 9.98 Å². The van der Waals surface area contributed by atoms with Crippen LogP contribution in [-0.2, 0) is 4.57 Å². The normalized spacial score (nSPS) is 13.2. The molecule has 122 valence electrons. The van der Waals surface area contributed by atoms with E-state index in [9.17, 15) is 19.5 Å². The van der Waals surface area contributed by atoms with Crippen molar-refractivity contribution in [3.05, 3.63) is 41.9 Å². The standard InChI is InChI=1S/C14H16N3O5P/c1-9-5-10(6-11(22-2)14(9)18)12(23(19,20)21)7-17-13-8-15-3-4-16-13/h3-8,12,18H,1-2H3,(H2,19,20,21). The third-order valence-electron chi connectivity index (χ3n) is 3.11. The lowest BCUT2D eigenvalue weighted by molar-refractivity contribution is 0.365. The molecule has 3 N–H and O–H groups in total. The van der Waals surface area contributed by atoms with Crippen molar-refractivity contribution in [1.82, 2.24) is 9.97 Å². The molecule has 8 nitrogen and oxygen atoms in total. The number of methoxy groups -OCH3 is 1. The fraction of sp³-hybridized carbons (Fsp3) is 0.214. The van der Waals surface area contributed by atoms with Crippen LogP contribution >= 0.6 is 7.60 Å². The van der Waals surface area contributed by atoms with Crippen LogP contribution in [0, 0.1) is 6.92 Å². The summed E-state index contributed by atoms with van der Waals surface area (Å²) >= 11 is 0. The molecule has 0 saturated carbocycles. The van der Waals surface area contributed by atoms with Gasteiger partial charge in [0.1, 0.15) is 5.66 Å². The molecule has 1 heterocycles. The Kier molecular flexibility index (Phi) is 5.10. The van der Waals surface area contributed by atoms with Crippen molar-refractivity contribution in [2.24, 2.45) is 4.99 Å². The van der Waals surface area contributed by atoms with Gasteiger partial charge in [-0.3, -0.25) is 9.55 Å². The zero-order valence-corrected chi connectivity index (χ0v) is 13.4. The van der Waals surface area contributed by atoms with Gasteiger partial charge in [0.05, 0.1) is 13.3 Å². The van der Waals surface area contributed by atoms with Crippen LogP contribution in [0.15, 0.2) is 35.7 Å². The fourth-order valence-corrected chi connectivity index (χ4v) is 2.75. The molecule has 9 heteroatoms. The van der Waals surface area contributed by atoms with Crippen LogP contribution in [0.1, 0.15) is 16.8 Å². The van der Waals surface area contributed by atoms with E-state index in [4.69, 9.17) is 4.74 Å². The molecule has 0 aliphatic rings. The number of aromatic nitrogens is 2. The first-order valence-corrected chi connectivity index (χ1v) is 8.24. The Morgan fingerprint density at radius 2 is 2.09 bits per heavy atom. The molecule has 0 bridgehead atoms. The van der Waals surface area contributed by atoms with E-state index in [0.717, 1.165) is 6.21 Å². The molecule has 0 radical (unpaired) electrons. The van der Waals surface area contributed by atoms with E-state index < -0.39 is 13.3 Å². The molecule has 2 rings (SSSR count). The van der Waals surface area contributed by atoms with Gasteiger partial charge in [-0.1, -0.05) is 6.07 Å². The number of ether oxygens (including phenoxy) is 1. The first-order chi connectivity index (χ1) is 10.8. The molecule has 1 unspecified atom stereocenters. The molecular formula is C14H16N3O5P. The van der Waals surface area contributed by atoms with Crippen LogP contribution in [0.2, 0.25) is 0 Å². The summed E-state index contributed by atoms with van der Waals surface area (Å²) in [5, 5.41) is 9.84. The minimum Gasteiger partial charge on any atom is -0.504 e. The van der Waals surface area contributed by atoms with Gasteiger partial charge >= 0.3 is 7.60 Å². The molecule has 0 saturated heterocycles. The van der Waals surface area contributed by atoms with Crippen LogP contribution in [0.4, 0.5) is 5.82 Å². The van der Waals surface area contributed by atoms with E-state index in [1.165, 1.54) is 37.8 Å². The lowest BCUT2D eigenvalue weighted by atomic mass is 10.1. The van der Waals surface area contributed by atoms with E-state index in [1.54, 1.807) is 6.92 Å². The van der Waals surface area contributed by atoms with Gasteiger partial charge in [-0.05, 0) is 24.1 Å². The highest BCUT2D eigenvalue weighted by Gasteiger charge is 2.30. The molecule has 1 atom stereocenters. The van der Waals surface area contributed by atoms with Gasteiger partial charge in [0.2, 0.25) is 0 Å². The third kappa shape index (κ3) is 4.13. The van der Waals surface area contributed by atoms with E-state index in [1.807, 2.05) is 0 Å². The Balaban J connectivity index is 2.46. The topological polar surface area (TPSA) is 125 Å². The quantitative estimate of drug-likeness (QED) is 0.563. The summed E-state index contributed by atoms with van der Waals surface area (Å²) in [7, 11) is -3.18. The predicted molar refractivity (Wildman–Crippen MR) is 84.4 cm³/mol. The highest BCUT2D eigenvalue weighted by molar-refractivity contribution is 7.53. The van der Waals surface area contributed by atoms with Crippen LogP contribution < -0.4 is 4.74 Å². The molecule has 0 aliphatic heterocycles. The molecule has 2 aromatic rings. The second-order valence-electron chi connectivity index (χ2n) is 4.76. The first-order valence-electron chi connectivity index (χ1n) is 6.56. The molecule has 0 fully saturated rings. The van der Waals surface area contributed by atoms with Crippen LogP contribution in [-0.4, -0.2) is 38.2 Å². The Bertz CT molecular complexity index is 761. The molecule has 0 aliphatic carbocycles. The number of phenols is 1. The average molecular weight is 337 g/mol. The summed E-state index contributed by atoms with van der Waals surface area (Å²) in [6.45, 7) is 1.61. The van der Waals surface area contributed by atoms with Crippen molar-refractivity contribution in [3.63, 3.8) is 0 Å². The molecule has 0 spiro atoms. The molecule has 1 aromatic heterocycles. The number of rotatable bonds is 5. The van der Waals surface area contributed by atoms with E-state index in [2.05, 4.69) is 15.0 Å². The van der Waals surface area contributed by atoms with Gasteiger partial charge in [-0.2, -0.15) is 0 Å². The van der Waals surface area contributed by atoms with Gasteiger partial charge in [-0.15, -0.1) is 0 Å². The number of aliphatic imine (C=N–C) groups is 1. The predicted octanol–water partition coefficient (Wildman–Crippen LogP) is 2.12. The molecule has 0 amide bonds. The maximum absolute atomic E-state index is 11.8. The first kappa shape index (κ1) is 17.1. The number of aromatic hydroxyl groups is 1. The summed E-state index contributed by atoms with van der Waals surface area (Å²) in [4.78, 5) is 30.9. The summed E-state index contributed by atoms with van der Waals surface area (Å²) in [5.41, 5.74) is -0.582. The highest BCUT2D eigenvalue weighted by atomic mass is 31.2. The zero-order chi connectivity index (χ0) is 17.0. The van der Waals surface area contributed by atoms with Crippen molar-refractivity contribution >= 4 is 19.6 Å². The average Bonchev–Trinajstić information content (AvgIpc) is 2.50. The lowest BCUT2D eigenvalue weighted by Gasteiger charge is -2.17. The van der Waals surface area contributed by atoms with E-state index in [-0.39, 0.29) is 22.9 Å². The van der Waals surface area contributed by atoms with Crippen LogP contribution in [0.3, 0.4) is 0 Å². The Labute approximate surface area is 132 Å². The van der Waals surface area contributed by atoms with Gasteiger partial charge in [0.15, 0.2) is 17.3 Å². The van der Waals surface area contributed by atoms with Gasteiger partial charge in [0, 0.05) is 18.6 Å². The number of hydrogen-bond acceptors (Lipinski definition) is 6. The van der Waals surface area contributed by atoms with Crippen molar-refractivity contribution < 1.29 is 24.2 Å². The molecular weight excluding hydrogens is 321 g/mol. The van der Waals surface area contributed by atoms with Crippen molar-refractivity contribution in [2.45, 2.75) is 12.6 Å². The second kappa shape index (κ2) is 6.87. The summed E-state index contributed by atoms with van der Waals surface area (Å²) in [6, 6.07) is 2.85. The highest BCUT2D eigenvalue weighted by Crippen LogP contribution is 2.52. The molecule has 23 heavy (non-hydrogen) atoms. The maximum atomic E-state index is 11.8. The van der Waals surface area contributed by atoms with Gasteiger partial charge < -0.3 is 19.6 Å². The number of benzene rings is 1. The third-order valence-corrected chi connectivity index (χ3v) is 4.27. The second-order valence-corrected chi connectivity index (χ2v) is 6.50. The summed E-state index contributed by atoms with van der Waals surface area (Å²) < 4.78 is 16.8. The largest absolute Gasteiger partial charge is 0.504 e.